The Bertz CT molecular complexity index is 1370. The molecule has 0 bridgehead atoms. The van der Waals surface area contributed by atoms with Crippen LogP contribution in [0.4, 0.5) is 17.5 Å². The van der Waals surface area contributed by atoms with Crippen LogP contribution in [0.15, 0.2) is 35.3 Å². The second-order valence-electron chi connectivity index (χ2n) is 9.70. The molecule has 10 nitrogen and oxygen atoms in total. The Labute approximate surface area is 226 Å². The summed E-state index contributed by atoms with van der Waals surface area (Å²) < 4.78 is 12.7. The predicted molar refractivity (Wildman–Crippen MR) is 148 cm³/mol. The fourth-order valence-electron chi connectivity index (χ4n) is 4.63. The molecule has 38 heavy (non-hydrogen) atoms. The number of carbonyl (C=O) groups is 1. The lowest BCUT2D eigenvalue weighted by Gasteiger charge is -2.34. The molecule has 202 valence electrons. The molecule has 0 aliphatic carbocycles. The average Bonchev–Trinajstić information content (AvgIpc) is 2.91. The zero-order valence-electron chi connectivity index (χ0n) is 21.8. The van der Waals surface area contributed by atoms with Crippen LogP contribution in [0.1, 0.15) is 20.3 Å². The number of ketones is 1. The molecule has 0 spiro atoms. The van der Waals surface area contributed by atoms with Crippen LogP contribution in [-0.2, 0) is 16.1 Å². The number of aromatic nitrogens is 3. The number of benzene rings is 1. The fourth-order valence-corrected chi connectivity index (χ4v) is 4.77. The van der Waals surface area contributed by atoms with Gasteiger partial charge in [-0.05, 0) is 30.8 Å². The van der Waals surface area contributed by atoms with E-state index in [1.165, 1.54) is 0 Å². The van der Waals surface area contributed by atoms with Crippen LogP contribution < -0.4 is 20.5 Å². The van der Waals surface area contributed by atoms with Gasteiger partial charge in [0.15, 0.2) is 17.4 Å². The fraction of sp³-hybridized carbons (Fsp3) is 0.481. The van der Waals surface area contributed by atoms with Crippen LogP contribution in [0.5, 0.6) is 5.75 Å². The van der Waals surface area contributed by atoms with E-state index in [9.17, 15) is 9.59 Å². The third-order valence-corrected chi connectivity index (χ3v) is 7.36. The minimum atomic E-state index is -0.249. The molecule has 5 rings (SSSR count). The first-order chi connectivity index (χ1) is 18.4. The predicted octanol–water partition coefficient (Wildman–Crippen LogP) is 3.33. The van der Waals surface area contributed by atoms with Gasteiger partial charge in [0.25, 0.3) is 5.56 Å². The number of rotatable bonds is 10. The number of Topliss-reactive ketones (excluding diaryl/α,β-unsaturated/α-hetero) is 1. The van der Waals surface area contributed by atoms with Crippen molar-refractivity contribution >= 4 is 45.7 Å². The molecule has 1 N–H and O–H groups in total. The molecule has 0 amide bonds. The number of hydrogen-bond acceptors (Lipinski definition) is 9. The molecule has 3 aromatic rings. The number of carbonyl (C=O) groups excluding carboxylic acids is 1. The number of hydrogen-bond donors (Lipinski definition) is 1. The van der Waals surface area contributed by atoms with Gasteiger partial charge in [0.2, 0.25) is 5.95 Å². The van der Waals surface area contributed by atoms with E-state index in [1.54, 1.807) is 23.8 Å². The van der Waals surface area contributed by atoms with Crippen molar-refractivity contribution in [1.29, 1.82) is 0 Å². The van der Waals surface area contributed by atoms with Crippen LogP contribution in [-0.4, -0.2) is 77.8 Å². The number of piperazine rings is 1. The largest absolute Gasteiger partial charge is 0.480 e. The number of anilines is 3. The Hall–Kier alpha value is -3.21. The van der Waals surface area contributed by atoms with E-state index in [2.05, 4.69) is 27.0 Å². The summed E-state index contributed by atoms with van der Waals surface area (Å²) in [5.74, 6) is 1.51. The standard InChI is InChI=1S/C27H33ClN6O4/c1-3-21(35)17-38-24-12-19-11-20(5-6-23(19)34(26(24)36)14-18-15-37-16-18)30-25-22(28)13-29-27(31-25)33-9-7-32(4-2)8-10-33/h5-6,11-13,18H,3-4,7-10,14-17H2,1-2H3,(H,29,30,31). The Balaban J connectivity index is 1.43. The molecule has 2 fully saturated rings. The smallest absolute Gasteiger partial charge is 0.293 e. The van der Waals surface area contributed by atoms with Crippen LogP contribution in [0, 0.1) is 5.92 Å². The van der Waals surface area contributed by atoms with Crippen LogP contribution in [0.3, 0.4) is 0 Å². The van der Waals surface area contributed by atoms with Crippen molar-refractivity contribution in [2.45, 2.75) is 26.8 Å². The zero-order chi connectivity index (χ0) is 26.6. The summed E-state index contributed by atoms with van der Waals surface area (Å²) in [7, 11) is 0. The highest BCUT2D eigenvalue weighted by atomic mass is 35.5. The number of pyridine rings is 1. The maximum Gasteiger partial charge on any atom is 0.293 e. The Morgan fingerprint density at radius 3 is 2.66 bits per heavy atom. The van der Waals surface area contributed by atoms with Gasteiger partial charge in [-0.1, -0.05) is 25.4 Å². The second-order valence-corrected chi connectivity index (χ2v) is 10.1. The molecule has 4 heterocycles. The van der Waals surface area contributed by atoms with Crippen molar-refractivity contribution in [3.63, 3.8) is 0 Å². The highest BCUT2D eigenvalue weighted by Gasteiger charge is 2.22. The topological polar surface area (TPSA) is 102 Å². The summed E-state index contributed by atoms with van der Waals surface area (Å²) in [5.41, 5.74) is 1.29. The molecule has 0 radical (unpaired) electrons. The average molecular weight is 541 g/mol. The monoisotopic (exact) mass is 540 g/mol. The summed E-state index contributed by atoms with van der Waals surface area (Å²) >= 11 is 6.46. The Kier molecular flexibility index (Phi) is 8.11. The molecule has 2 aliphatic rings. The second kappa shape index (κ2) is 11.7. The molecule has 0 saturated carbocycles. The van der Waals surface area contributed by atoms with E-state index in [-0.39, 0.29) is 29.6 Å². The number of fused-ring (bicyclic) bond motifs is 1. The minimum absolute atomic E-state index is 0.0656. The Morgan fingerprint density at radius 1 is 1.18 bits per heavy atom. The van der Waals surface area contributed by atoms with Crippen LogP contribution >= 0.6 is 11.6 Å². The summed E-state index contributed by atoms with van der Waals surface area (Å²) in [5, 5.41) is 4.53. The lowest BCUT2D eigenvalue weighted by molar-refractivity contribution is -0.120. The molecule has 1 aromatic carbocycles. The first-order valence-corrected chi connectivity index (χ1v) is 13.5. The first-order valence-electron chi connectivity index (χ1n) is 13.1. The van der Waals surface area contributed by atoms with E-state index in [0.29, 0.717) is 43.0 Å². The maximum atomic E-state index is 13.2. The Morgan fingerprint density at radius 2 is 1.97 bits per heavy atom. The van der Waals surface area contributed by atoms with E-state index in [4.69, 9.17) is 26.1 Å². The van der Waals surface area contributed by atoms with Gasteiger partial charge in [0.05, 0.1) is 24.9 Å². The van der Waals surface area contributed by atoms with Gasteiger partial charge in [-0.2, -0.15) is 4.98 Å². The van der Waals surface area contributed by atoms with Crippen molar-refractivity contribution < 1.29 is 14.3 Å². The van der Waals surface area contributed by atoms with E-state index in [1.807, 2.05) is 18.2 Å². The maximum absolute atomic E-state index is 13.2. The van der Waals surface area contributed by atoms with Crippen molar-refractivity contribution in [2.24, 2.45) is 5.92 Å². The third kappa shape index (κ3) is 5.77. The molecule has 2 aliphatic heterocycles. The molecular weight excluding hydrogens is 508 g/mol. The van der Waals surface area contributed by atoms with Gasteiger partial charge in [-0.25, -0.2) is 4.98 Å². The lowest BCUT2D eigenvalue weighted by Crippen LogP contribution is -2.46. The molecule has 11 heteroatoms. The summed E-state index contributed by atoms with van der Waals surface area (Å²) in [6.45, 7) is 10.3. The van der Waals surface area contributed by atoms with Gasteiger partial charge in [-0.15, -0.1) is 0 Å². The molecule has 0 atom stereocenters. The van der Waals surface area contributed by atoms with E-state index in [0.717, 1.165) is 49.3 Å². The number of likely N-dealkylation sites (N-methyl/N-ethyl adjacent to an activating group) is 1. The normalized spacial score (nSPS) is 16.4. The summed E-state index contributed by atoms with van der Waals surface area (Å²) in [6, 6.07) is 7.42. The zero-order valence-corrected chi connectivity index (χ0v) is 22.5. The van der Waals surface area contributed by atoms with Crippen LogP contribution in [0.2, 0.25) is 5.02 Å². The third-order valence-electron chi connectivity index (χ3n) is 7.09. The molecular formula is C27H33ClN6O4. The number of nitrogens with one attached hydrogen (secondary N) is 1. The SMILES string of the molecule is CCC(=O)COc1cc2cc(Nc3nc(N4CCN(CC)CC4)ncc3Cl)ccc2n(CC2COC2)c1=O. The van der Waals surface area contributed by atoms with Crippen molar-refractivity contribution in [2.75, 3.05) is 62.8 Å². The van der Waals surface area contributed by atoms with E-state index < -0.39 is 0 Å². The van der Waals surface area contributed by atoms with Gasteiger partial charge in [-0.3, -0.25) is 9.59 Å². The highest BCUT2D eigenvalue weighted by Crippen LogP contribution is 2.28. The van der Waals surface area contributed by atoms with Crippen molar-refractivity contribution in [3.8, 4) is 5.75 Å². The number of halogens is 1. The molecule has 2 saturated heterocycles. The minimum Gasteiger partial charge on any atom is -0.480 e. The summed E-state index contributed by atoms with van der Waals surface area (Å²) in [6.07, 6.45) is 1.97. The van der Waals surface area contributed by atoms with Gasteiger partial charge < -0.3 is 29.2 Å². The quantitative estimate of drug-likeness (QED) is 0.415. The van der Waals surface area contributed by atoms with Crippen molar-refractivity contribution in [3.05, 3.63) is 45.8 Å². The first kappa shape index (κ1) is 26.4. The number of ether oxygens (including phenoxy) is 2. The number of nitrogens with zero attached hydrogens (tertiary/aromatic N) is 5. The van der Waals surface area contributed by atoms with Gasteiger partial charge in [0.1, 0.15) is 11.6 Å². The summed E-state index contributed by atoms with van der Waals surface area (Å²) in [4.78, 5) is 38.8. The highest BCUT2D eigenvalue weighted by molar-refractivity contribution is 6.32. The van der Waals surface area contributed by atoms with Gasteiger partial charge >= 0.3 is 0 Å². The van der Waals surface area contributed by atoms with Crippen LogP contribution in [0.25, 0.3) is 10.9 Å². The molecule has 2 aromatic heterocycles. The van der Waals surface area contributed by atoms with Crippen molar-refractivity contribution in [1.82, 2.24) is 19.4 Å². The van der Waals surface area contributed by atoms with E-state index >= 15 is 0 Å². The molecule has 0 unspecified atom stereocenters. The van der Waals surface area contributed by atoms with Gasteiger partial charge in [0, 0.05) is 56.1 Å². The lowest BCUT2D eigenvalue weighted by atomic mass is 10.1.